The minimum atomic E-state index is -0.734. The van der Waals surface area contributed by atoms with Gasteiger partial charge in [0.25, 0.3) is 0 Å². The molecule has 0 radical (unpaired) electrons. The Balaban J connectivity index is 0.00000196. The molecule has 0 fully saturated rings. The number of methoxy groups -OCH3 is 1. The molecule has 1 rings (SSSR count). The van der Waals surface area contributed by atoms with Crippen molar-refractivity contribution in [3.8, 4) is 5.75 Å². The first-order valence-electron chi connectivity index (χ1n) is 4.27. The number of benzene rings is 1. The number of nitrogens with two attached hydrogens (primary N) is 1. The normalized spacial score (nSPS) is 11.1. The number of carbonyl (C=O) groups is 1. The van der Waals surface area contributed by atoms with Crippen molar-refractivity contribution in [3.05, 3.63) is 30.3 Å². The molecule has 4 nitrogen and oxygen atoms in total. The number of hydrogen-bond donors (Lipinski definition) is 1. The summed E-state index contributed by atoms with van der Waals surface area (Å²) >= 11 is 0. The van der Waals surface area contributed by atoms with Gasteiger partial charge in [0.15, 0.2) is 0 Å². The predicted octanol–water partition coefficient (Wildman–Crippen LogP) is 0.987. The number of para-hydroxylation sites is 1. The molecule has 5 heteroatoms. The van der Waals surface area contributed by atoms with Crippen LogP contribution in [0.15, 0.2) is 30.3 Å². The third kappa shape index (κ3) is 4.18. The van der Waals surface area contributed by atoms with Crippen LogP contribution in [-0.2, 0) is 9.53 Å². The van der Waals surface area contributed by atoms with Crippen molar-refractivity contribution in [1.82, 2.24) is 0 Å². The summed E-state index contributed by atoms with van der Waals surface area (Å²) in [4.78, 5) is 11.1. The van der Waals surface area contributed by atoms with Crippen molar-refractivity contribution in [3.63, 3.8) is 0 Å². The molecule has 0 spiro atoms. The molecule has 0 amide bonds. The predicted molar refractivity (Wildman–Crippen MR) is 59.2 cm³/mol. The molecule has 0 saturated heterocycles. The Morgan fingerprint density at radius 2 is 2.00 bits per heavy atom. The Hall–Kier alpha value is -1.26. The number of rotatable bonds is 4. The van der Waals surface area contributed by atoms with Crippen molar-refractivity contribution < 1.29 is 14.3 Å². The Kier molecular flexibility index (Phi) is 6.49. The number of carbonyl (C=O) groups excluding carboxylic acids is 1. The molecule has 0 aliphatic rings. The molecule has 0 aliphatic heterocycles. The minimum Gasteiger partial charge on any atom is -0.477 e. The van der Waals surface area contributed by atoms with Crippen LogP contribution in [0.3, 0.4) is 0 Å². The lowest BCUT2D eigenvalue weighted by Crippen LogP contribution is -2.35. The summed E-state index contributed by atoms with van der Waals surface area (Å²) in [5, 5.41) is 0. The van der Waals surface area contributed by atoms with Crippen molar-refractivity contribution in [2.75, 3.05) is 13.7 Å². The first-order valence-corrected chi connectivity index (χ1v) is 4.27. The standard InChI is InChI=1S/C10H13NO3.ClH/c1-13-10(12)9(7-11)14-8-5-3-2-4-6-8;/h2-6,9H,7,11H2,1H3;1H. The van der Waals surface area contributed by atoms with Gasteiger partial charge >= 0.3 is 5.97 Å². The first kappa shape index (κ1) is 13.7. The van der Waals surface area contributed by atoms with E-state index >= 15 is 0 Å². The molecule has 1 aromatic rings. The third-order valence-electron chi connectivity index (χ3n) is 1.70. The second kappa shape index (κ2) is 7.09. The van der Waals surface area contributed by atoms with Crippen LogP contribution < -0.4 is 10.5 Å². The molecule has 0 bridgehead atoms. The lowest BCUT2D eigenvalue weighted by molar-refractivity contribution is -0.148. The molecule has 84 valence electrons. The molecule has 0 aliphatic carbocycles. The molecule has 1 atom stereocenters. The van der Waals surface area contributed by atoms with E-state index in [0.29, 0.717) is 5.75 Å². The summed E-state index contributed by atoms with van der Waals surface area (Å²) in [6.45, 7) is 0.0988. The van der Waals surface area contributed by atoms with E-state index in [1.165, 1.54) is 7.11 Å². The number of hydrogen-bond acceptors (Lipinski definition) is 4. The fourth-order valence-electron chi connectivity index (χ4n) is 0.987. The molecule has 0 aromatic heterocycles. The average molecular weight is 232 g/mol. The molecule has 0 saturated carbocycles. The zero-order valence-electron chi connectivity index (χ0n) is 8.38. The maximum absolute atomic E-state index is 11.1. The molecular weight excluding hydrogens is 218 g/mol. The van der Waals surface area contributed by atoms with Crippen LogP contribution in [0.1, 0.15) is 0 Å². The van der Waals surface area contributed by atoms with Gasteiger partial charge in [-0.25, -0.2) is 4.79 Å². The molecule has 2 N–H and O–H groups in total. The van der Waals surface area contributed by atoms with Gasteiger partial charge in [-0.15, -0.1) is 12.4 Å². The lowest BCUT2D eigenvalue weighted by Gasteiger charge is -2.14. The highest BCUT2D eigenvalue weighted by Gasteiger charge is 2.18. The van der Waals surface area contributed by atoms with Gasteiger partial charge < -0.3 is 15.2 Å². The summed E-state index contributed by atoms with van der Waals surface area (Å²) in [6.07, 6.45) is -0.734. The lowest BCUT2D eigenvalue weighted by atomic mass is 10.3. The maximum atomic E-state index is 11.1. The zero-order valence-corrected chi connectivity index (χ0v) is 9.20. The highest BCUT2D eigenvalue weighted by atomic mass is 35.5. The fourth-order valence-corrected chi connectivity index (χ4v) is 0.987. The maximum Gasteiger partial charge on any atom is 0.348 e. The number of ether oxygens (including phenoxy) is 2. The molecule has 1 unspecified atom stereocenters. The molecule has 15 heavy (non-hydrogen) atoms. The molecular formula is C10H14ClNO3. The Labute approximate surface area is 94.8 Å². The van der Waals surface area contributed by atoms with E-state index in [0.717, 1.165) is 0 Å². The Morgan fingerprint density at radius 1 is 1.40 bits per heavy atom. The number of halogens is 1. The number of esters is 1. The summed E-state index contributed by atoms with van der Waals surface area (Å²) < 4.78 is 9.85. The van der Waals surface area contributed by atoms with E-state index in [4.69, 9.17) is 10.5 Å². The van der Waals surface area contributed by atoms with E-state index in [1.807, 2.05) is 18.2 Å². The van der Waals surface area contributed by atoms with Gasteiger partial charge in [0.1, 0.15) is 5.75 Å². The van der Waals surface area contributed by atoms with Gasteiger partial charge in [-0.2, -0.15) is 0 Å². The average Bonchev–Trinajstić information content (AvgIpc) is 2.26. The zero-order chi connectivity index (χ0) is 10.4. The van der Waals surface area contributed by atoms with Crippen LogP contribution >= 0.6 is 12.4 Å². The molecule has 0 heterocycles. The highest BCUT2D eigenvalue weighted by Crippen LogP contribution is 2.10. The molecule has 1 aromatic carbocycles. The van der Waals surface area contributed by atoms with Crippen molar-refractivity contribution in [2.45, 2.75) is 6.10 Å². The highest BCUT2D eigenvalue weighted by molar-refractivity contribution is 5.85. The Morgan fingerprint density at radius 3 is 2.47 bits per heavy atom. The first-order chi connectivity index (χ1) is 6.77. The van der Waals surface area contributed by atoms with Crippen LogP contribution in [0.4, 0.5) is 0 Å². The van der Waals surface area contributed by atoms with E-state index in [2.05, 4.69) is 4.74 Å². The second-order valence-electron chi connectivity index (χ2n) is 2.68. The second-order valence-corrected chi connectivity index (χ2v) is 2.68. The van der Waals surface area contributed by atoms with Gasteiger partial charge in [-0.3, -0.25) is 0 Å². The topological polar surface area (TPSA) is 61.5 Å². The van der Waals surface area contributed by atoms with Gasteiger partial charge in [-0.05, 0) is 12.1 Å². The fraction of sp³-hybridized carbons (Fsp3) is 0.300. The van der Waals surface area contributed by atoms with E-state index < -0.39 is 12.1 Å². The van der Waals surface area contributed by atoms with E-state index in [1.54, 1.807) is 12.1 Å². The van der Waals surface area contributed by atoms with Gasteiger partial charge in [0.05, 0.1) is 7.11 Å². The summed E-state index contributed by atoms with van der Waals surface area (Å²) in [5.41, 5.74) is 5.37. The van der Waals surface area contributed by atoms with Crippen LogP contribution in [0, 0.1) is 0 Å². The summed E-state index contributed by atoms with van der Waals surface area (Å²) in [5.74, 6) is 0.143. The van der Waals surface area contributed by atoms with Crippen LogP contribution in [0.2, 0.25) is 0 Å². The van der Waals surface area contributed by atoms with Crippen LogP contribution in [-0.4, -0.2) is 25.7 Å². The van der Waals surface area contributed by atoms with Crippen LogP contribution in [0.25, 0.3) is 0 Å². The monoisotopic (exact) mass is 231 g/mol. The smallest absolute Gasteiger partial charge is 0.348 e. The van der Waals surface area contributed by atoms with Crippen LogP contribution in [0.5, 0.6) is 5.75 Å². The Bertz CT molecular complexity index is 292. The third-order valence-corrected chi connectivity index (χ3v) is 1.70. The van der Waals surface area contributed by atoms with Gasteiger partial charge in [0, 0.05) is 6.54 Å². The quantitative estimate of drug-likeness (QED) is 0.785. The SMILES string of the molecule is COC(=O)C(CN)Oc1ccccc1.Cl. The van der Waals surface area contributed by atoms with Gasteiger partial charge in [0.2, 0.25) is 6.10 Å². The van der Waals surface area contributed by atoms with E-state index in [-0.39, 0.29) is 19.0 Å². The summed E-state index contributed by atoms with van der Waals surface area (Å²) in [7, 11) is 1.30. The van der Waals surface area contributed by atoms with Gasteiger partial charge in [-0.1, -0.05) is 18.2 Å². The minimum absolute atomic E-state index is 0. The van der Waals surface area contributed by atoms with Crippen molar-refractivity contribution >= 4 is 18.4 Å². The van der Waals surface area contributed by atoms with Crippen molar-refractivity contribution in [2.24, 2.45) is 5.73 Å². The van der Waals surface area contributed by atoms with Crippen molar-refractivity contribution in [1.29, 1.82) is 0 Å². The largest absolute Gasteiger partial charge is 0.477 e. The summed E-state index contributed by atoms with van der Waals surface area (Å²) in [6, 6.07) is 9.01. The van der Waals surface area contributed by atoms with E-state index in [9.17, 15) is 4.79 Å².